The molecule has 0 aliphatic carbocycles. The van der Waals surface area contributed by atoms with Gasteiger partial charge in [0.2, 0.25) is 11.0 Å². The Hall–Kier alpha value is -3.44. The van der Waals surface area contributed by atoms with E-state index in [4.69, 9.17) is 18.0 Å². The van der Waals surface area contributed by atoms with Crippen molar-refractivity contribution < 1.29 is 16.1 Å². The Balaban J connectivity index is 0.00000241. The second-order valence-corrected chi connectivity index (χ2v) is 10.5. The van der Waals surface area contributed by atoms with Gasteiger partial charge in [0, 0.05) is 39.4 Å². The van der Waals surface area contributed by atoms with Gasteiger partial charge >= 0.3 is 0 Å². The zero-order chi connectivity index (χ0) is 25.0. The standard InChI is InChI=1S/C24H28N6O3S2.2H2/c1-17(30-15-10-18-4-2-3-5-22(18)30)23(31)27-19-11-13-29(14-12-19)20-6-8-21(9-7-20)35(32,33)28-24(34)26-16-25;;/h2-10,15-17,19H,11-14H2,1H3,(H,27,31)(H3,25,26,28,34);2*1H/t17-;;/m1../s1. The highest BCUT2D eigenvalue weighted by atomic mass is 32.2. The van der Waals surface area contributed by atoms with E-state index in [1.54, 1.807) is 12.1 Å². The molecule has 1 aromatic heterocycles. The number of piperidine rings is 1. The van der Waals surface area contributed by atoms with Crippen molar-refractivity contribution in [3.8, 4) is 0 Å². The fourth-order valence-corrected chi connectivity index (χ4v) is 5.56. The molecule has 4 rings (SSSR count). The SMILES string of the molecule is C[C@H](C(=O)NC1CCN(c2ccc(S(=O)(=O)NC(=S)N=CN)cc2)CC1)n1ccc2ccccc21.[HH].[HH]. The van der Waals surface area contributed by atoms with E-state index in [2.05, 4.69) is 19.9 Å². The number of nitrogens with zero attached hydrogens (tertiary/aromatic N) is 3. The summed E-state index contributed by atoms with van der Waals surface area (Å²) in [5.74, 6) is 0.00347. The third-order valence-corrected chi connectivity index (χ3v) is 7.88. The van der Waals surface area contributed by atoms with E-state index in [1.165, 1.54) is 12.1 Å². The number of carbonyl (C=O) groups excluding carboxylic acids is 1. The predicted octanol–water partition coefficient (Wildman–Crippen LogP) is 3.03. The second-order valence-electron chi connectivity index (χ2n) is 8.41. The molecule has 0 saturated carbocycles. The van der Waals surface area contributed by atoms with Gasteiger partial charge in [-0.05, 0) is 73.8 Å². The van der Waals surface area contributed by atoms with Crippen LogP contribution < -0.4 is 20.7 Å². The molecular weight excluding hydrogens is 484 g/mol. The number of benzene rings is 2. The van der Waals surface area contributed by atoms with E-state index in [0.29, 0.717) is 0 Å². The molecule has 2 heterocycles. The lowest BCUT2D eigenvalue weighted by atomic mass is 10.0. The van der Waals surface area contributed by atoms with Gasteiger partial charge in [-0.3, -0.25) is 9.52 Å². The van der Waals surface area contributed by atoms with Crippen molar-refractivity contribution in [2.24, 2.45) is 10.7 Å². The van der Waals surface area contributed by atoms with Crippen molar-refractivity contribution in [2.45, 2.75) is 36.7 Å². The maximum Gasteiger partial charge on any atom is 0.263 e. The summed E-state index contributed by atoms with van der Waals surface area (Å²) in [5.41, 5.74) is 7.10. The van der Waals surface area contributed by atoms with Crippen LogP contribution in [0.3, 0.4) is 0 Å². The number of aromatic nitrogens is 1. The molecule has 11 heteroatoms. The Bertz CT molecular complexity index is 1350. The van der Waals surface area contributed by atoms with E-state index in [9.17, 15) is 13.2 Å². The predicted molar refractivity (Wildman–Crippen MR) is 146 cm³/mol. The number of para-hydroxylation sites is 1. The molecule has 1 fully saturated rings. The molecule has 1 saturated heterocycles. The van der Waals surface area contributed by atoms with Gasteiger partial charge in [-0.1, -0.05) is 18.2 Å². The minimum absolute atomic E-state index is 0. The Morgan fingerprint density at radius 3 is 2.54 bits per heavy atom. The maximum absolute atomic E-state index is 12.9. The summed E-state index contributed by atoms with van der Waals surface area (Å²) < 4.78 is 29.0. The van der Waals surface area contributed by atoms with E-state index in [0.717, 1.165) is 48.9 Å². The minimum atomic E-state index is -3.82. The normalized spacial score (nSPS) is 15.9. The zero-order valence-corrected chi connectivity index (χ0v) is 20.9. The first-order valence-electron chi connectivity index (χ1n) is 11.3. The molecule has 1 aliphatic rings. The lowest BCUT2D eigenvalue weighted by Crippen LogP contribution is -2.46. The Kier molecular flexibility index (Phi) is 7.37. The van der Waals surface area contributed by atoms with Crippen LogP contribution in [0, 0.1) is 0 Å². The largest absolute Gasteiger partial charge is 0.390 e. The molecule has 35 heavy (non-hydrogen) atoms. The molecular formula is C24H32N6O3S2. The van der Waals surface area contributed by atoms with E-state index in [1.807, 2.05) is 48.0 Å². The number of rotatable bonds is 6. The minimum Gasteiger partial charge on any atom is -0.390 e. The number of anilines is 1. The number of nitrogens with two attached hydrogens (primary N) is 1. The molecule has 0 spiro atoms. The number of amides is 1. The number of carbonyl (C=O) groups is 1. The molecule has 0 radical (unpaired) electrons. The highest BCUT2D eigenvalue weighted by Crippen LogP contribution is 2.24. The van der Waals surface area contributed by atoms with Crippen LogP contribution in [0.15, 0.2) is 70.7 Å². The van der Waals surface area contributed by atoms with E-state index in [-0.39, 0.29) is 30.9 Å². The van der Waals surface area contributed by atoms with Gasteiger partial charge in [0.05, 0.1) is 11.2 Å². The van der Waals surface area contributed by atoms with E-state index >= 15 is 0 Å². The summed E-state index contributed by atoms with van der Waals surface area (Å²) in [7, 11) is -3.82. The number of fused-ring (bicyclic) bond motifs is 1. The average molecular weight is 517 g/mol. The summed E-state index contributed by atoms with van der Waals surface area (Å²) in [6, 6.07) is 16.4. The number of hydrogen-bond donors (Lipinski definition) is 3. The van der Waals surface area contributed by atoms with Crippen LogP contribution in [-0.2, 0) is 14.8 Å². The van der Waals surface area contributed by atoms with Gasteiger partial charge < -0.3 is 20.5 Å². The van der Waals surface area contributed by atoms with Crippen LogP contribution in [0.2, 0.25) is 0 Å². The summed E-state index contributed by atoms with van der Waals surface area (Å²) >= 11 is 4.82. The molecule has 0 unspecified atom stereocenters. The van der Waals surface area contributed by atoms with Crippen LogP contribution in [0.4, 0.5) is 5.69 Å². The Morgan fingerprint density at radius 2 is 1.86 bits per heavy atom. The summed E-state index contributed by atoms with van der Waals surface area (Å²) in [5, 5.41) is 4.09. The lowest BCUT2D eigenvalue weighted by Gasteiger charge is -2.34. The zero-order valence-electron chi connectivity index (χ0n) is 19.3. The molecule has 9 nitrogen and oxygen atoms in total. The lowest BCUT2D eigenvalue weighted by molar-refractivity contribution is -0.124. The summed E-state index contributed by atoms with van der Waals surface area (Å²) in [6.45, 7) is 3.42. The fourth-order valence-electron chi connectivity index (χ4n) is 4.28. The van der Waals surface area contributed by atoms with Gasteiger partial charge in [0.25, 0.3) is 10.0 Å². The molecule has 1 atom stereocenters. The third kappa shape index (κ3) is 5.63. The van der Waals surface area contributed by atoms with Gasteiger partial charge in [-0.15, -0.1) is 0 Å². The van der Waals surface area contributed by atoms with Crippen molar-refractivity contribution in [2.75, 3.05) is 18.0 Å². The highest BCUT2D eigenvalue weighted by molar-refractivity contribution is 7.91. The first-order valence-corrected chi connectivity index (χ1v) is 13.2. The van der Waals surface area contributed by atoms with Crippen LogP contribution in [0.25, 0.3) is 10.9 Å². The van der Waals surface area contributed by atoms with Crippen molar-refractivity contribution >= 4 is 56.2 Å². The van der Waals surface area contributed by atoms with Gasteiger partial charge in [0.15, 0.2) is 0 Å². The number of aliphatic imine (C=N–C) groups is 1. The molecule has 0 bridgehead atoms. The first kappa shape index (κ1) is 24.7. The van der Waals surface area contributed by atoms with Crippen LogP contribution in [0.1, 0.15) is 28.7 Å². The van der Waals surface area contributed by atoms with Crippen molar-refractivity contribution in [1.29, 1.82) is 0 Å². The van der Waals surface area contributed by atoms with E-state index < -0.39 is 10.0 Å². The quantitative estimate of drug-likeness (QED) is 0.263. The van der Waals surface area contributed by atoms with Crippen LogP contribution in [-0.4, -0.2) is 49.5 Å². The Morgan fingerprint density at radius 1 is 1.17 bits per heavy atom. The van der Waals surface area contributed by atoms with Gasteiger partial charge in [0.1, 0.15) is 6.04 Å². The topological polar surface area (TPSA) is 122 Å². The van der Waals surface area contributed by atoms with Gasteiger partial charge in [-0.25, -0.2) is 13.4 Å². The number of sulfonamides is 1. The molecule has 4 N–H and O–H groups in total. The van der Waals surface area contributed by atoms with Crippen LogP contribution in [0.5, 0.6) is 0 Å². The van der Waals surface area contributed by atoms with Crippen molar-refractivity contribution in [3.63, 3.8) is 0 Å². The maximum atomic E-state index is 12.9. The van der Waals surface area contributed by atoms with Crippen LogP contribution >= 0.6 is 12.2 Å². The van der Waals surface area contributed by atoms with Crippen molar-refractivity contribution in [3.05, 3.63) is 60.8 Å². The monoisotopic (exact) mass is 516 g/mol. The summed E-state index contributed by atoms with van der Waals surface area (Å²) in [6.07, 6.45) is 4.49. The average Bonchev–Trinajstić information content (AvgIpc) is 3.28. The molecule has 1 aliphatic heterocycles. The van der Waals surface area contributed by atoms with Gasteiger partial charge in [-0.2, -0.15) is 0 Å². The first-order chi connectivity index (χ1) is 16.8. The fraction of sp³-hybridized carbons (Fsp3) is 0.292. The number of hydrogen-bond acceptors (Lipinski definition) is 5. The number of nitrogens with one attached hydrogen (secondary N) is 2. The molecule has 1 amide bonds. The molecule has 2 aromatic carbocycles. The number of thiocarbonyl (C=S) groups is 1. The summed E-state index contributed by atoms with van der Waals surface area (Å²) in [4.78, 5) is 18.7. The molecule has 188 valence electrons. The Labute approximate surface area is 213 Å². The smallest absolute Gasteiger partial charge is 0.263 e. The van der Waals surface area contributed by atoms with Crippen molar-refractivity contribution in [1.82, 2.24) is 14.6 Å². The molecule has 3 aromatic rings. The highest BCUT2D eigenvalue weighted by Gasteiger charge is 2.24. The second kappa shape index (κ2) is 10.4. The third-order valence-electron chi connectivity index (χ3n) is 6.19.